The van der Waals surface area contributed by atoms with E-state index in [2.05, 4.69) is 42.5 Å². The molecule has 0 unspecified atom stereocenters. The first kappa shape index (κ1) is 18.8. The van der Waals surface area contributed by atoms with Gasteiger partial charge < -0.3 is 10.1 Å². The molecule has 0 saturated carbocycles. The Kier molecular flexibility index (Phi) is 5.36. The molecule has 1 heterocycles. The average Bonchev–Trinajstić information content (AvgIpc) is 2.47. The molecule has 0 saturated heterocycles. The summed E-state index contributed by atoms with van der Waals surface area (Å²) < 4.78 is 5.22. The van der Waals surface area contributed by atoms with Gasteiger partial charge in [0.25, 0.3) is 0 Å². The van der Waals surface area contributed by atoms with Gasteiger partial charge in [0.2, 0.25) is 0 Å². The third kappa shape index (κ3) is 5.78. The van der Waals surface area contributed by atoms with Gasteiger partial charge in [0.15, 0.2) is 0 Å². The molecule has 25 heavy (non-hydrogen) atoms. The van der Waals surface area contributed by atoms with Gasteiger partial charge in [-0.3, -0.25) is 5.32 Å². The van der Waals surface area contributed by atoms with Crippen LogP contribution < -0.4 is 10.6 Å². The molecule has 0 aliphatic rings. The molecule has 134 valence electrons. The molecule has 0 bridgehead atoms. The number of hydrogen-bond donors (Lipinski definition) is 2. The number of rotatable bonds is 3. The molecule has 1 aromatic carbocycles. The van der Waals surface area contributed by atoms with Gasteiger partial charge >= 0.3 is 6.09 Å². The minimum Gasteiger partial charge on any atom is -0.444 e. The van der Waals surface area contributed by atoms with Crippen LogP contribution >= 0.6 is 0 Å². The van der Waals surface area contributed by atoms with E-state index < -0.39 is 11.7 Å². The van der Waals surface area contributed by atoms with Gasteiger partial charge in [-0.15, -0.1) is 0 Å². The van der Waals surface area contributed by atoms with E-state index in [1.165, 1.54) is 5.56 Å². The van der Waals surface area contributed by atoms with Crippen molar-refractivity contribution in [3.05, 3.63) is 48.2 Å². The molecule has 5 heteroatoms. The summed E-state index contributed by atoms with van der Waals surface area (Å²) in [5, 5.41) is 6.02. The quantitative estimate of drug-likeness (QED) is 0.777. The number of para-hydroxylation sites is 1. The molecule has 1 amide bonds. The standard InChI is InChI=1S/C20H27N3O2/c1-19(2,3)15-9-7-8-10-16(15)22-14-11-12-17(21-13-14)23-18(24)25-20(4,5)6/h7-13,22H,1-6H3,(H,21,23,24). The summed E-state index contributed by atoms with van der Waals surface area (Å²) in [7, 11) is 0. The van der Waals surface area contributed by atoms with Crippen LogP contribution in [0.15, 0.2) is 42.6 Å². The average molecular weight is 341 g/mol. The number of aromatic nitrogens is 1. The topological polar surface area (TPSA) is 63.2 Å². The van der Waals surface area contributed by atoms with E-state index in [1.54, 1.807) is 12.3 Å². The van der Waals surface area contributed by atoms with E-state index in [1.807, 2.05) is 45.0 Å². The Bertz CT molecular complexity index is 726. The van der Waals surface area contributed by atoms with Crippen LogP contribution in [0.3, 0.4) is 0 Å². The van der Waals surface area contributed by atoms with E-state index in [-0.39, 0.29) is 5.41 Å². The Morgan fingerprint density at radius 2 is 1.68 bits per heavy atom. The van der Waals surface area contributed by atoms with Gasteiger partial charge in [-0.1, -0.05) is 39.0 Å². The Morgan fingerprint density at radius 1 is 1.00 bits per heavy atom. The van der Waals surface area contributed by atoms with E-state index in [4.69, 9.17) is 4.74 Å². The highest BCUT2D eigenvalue weighted by atomic mass is 16.6. The first-order valence-corrected chi connectivity index (χ1v) is 8.37. The molecule has 0 atom stereocenters. The fourth-order valence-electron chi connectivity index (χ4n) is 2.35. The monoisotopic (exact) mass is 341 g/mol. The van der Waals surface area contributed by atoms with Gasteiger partial charge in [-0.25, -0.2) is 9.78 Å². The van der Waals surface area contributed by atoms with Crippen molar-refractivity contribution in [2.75, 3.05) is 10.6 Å². The fourth-order valence-corrected chi connectivity index (χ4v) is 2.35. The van der Waals surface area contributed by atoms with Gasteiger partial charge in [-0.05, 0) is 49.9 Å². The van der Waals surface area contributed by atoms with Crippen LogP contribution in [-0.4, -0.2) is 16.7 Å². The second-order valence-electron chi connectivity index (χ2n) is 7.98. The fraction of sp³-hybridized carbons (Fsp3) is 0.400. The molecule has 1 aromatic heterocycles. The molecular weight excluding hydrogens is 314 g/mol. The van der Waals surface area contributed by atoms with Crippen LogP contribution in [-0.2, 0) is 10.2 Å². The molecular formula is C20H27N3O2. The summed E-state index contributed by atoms with van der Waals surface area (Å²) in [5.41, 5.74) is 2.62. The van der Waals surface area contributed by atoms with Gasteiger partial charge in [0.05, 0.1) is 11.9 Å². The molecule has 0 aliphatic carbocycles. The number of pyridine rings is 1. The van der Waals surface area contributed by atoms with Crippen LogP contribution in [0.1, 0.15) is 47.1 Å². The summed E-state index contributed by atoms with van der Waals surface area (Å²) >= 11 is 0. The number of benzene rings is 1. The van der Waals surface area contributed by atoms with Crippen molar-refractivity contribution >= 4 is 23.3 Å². The number of anilines is 3. The number of carbonyl (C=O) groups excluding carboxylic acids is 1. The molecule has 2 N–H and O–H groups in total. The van der Waals surface area contributed by atoms with Crippen LogP contribution in [0, 0.1) is 0 Å². The molecule has 0 aliphatic heterocycles. The minimum absolute atomic E-state index is 0.0369. The maximum absolute atomic E-state index is 11.8. The van der Waals surface area contributed by atoms with E-state index >= 15 is 0 Å². The Labute approximate surface area is 149 Å². The maximum atomic E-state index is 11.8. The number of hydrogen-bond acceptors (Lipinski definition) is 4. The van der Waals surface area contributed by atoms with Crippen LogP contribution in [0.2, 0.25) is 0 Å². The summed E-state index contributed by atoms with van der Waals surface area (Å²) in [5.74, 6) is 0.448. The number of carbonyl (C=O) groups is 1. The summed E-state index contributed by atoms with van der Waals surface area (Å²) in [6, 6.07) is 11.8. The molecule has 0 fully saturated rings. The summed E-state index contributed by atoms with van der Waals surface area (Å²) in [6.07, 6.45) is 1.17. The third-order valence-corrected chi connectivity index (χ3v) is 3.41. The van der Waals surface area contributed by atoms with Crippen LogP contribution in [0.4, 0.5) is 22.0 Å². The second kappa shape index (κ2) is 7.13. The van der Waals surface area contributed by atoms with Gasteiger partial charge in [-0.2, -0.15) is 0 Å². The van der Waals surface area contributed by atoms with Crippen LogP contribution in [0.5, 0.6) is 0 Å². The van der Waals surface area contributed by atoms with Crippen LogP contribution in [0.25, 0.3) is 0 Å². The predicted molar refractivity (Wildman–Crippen MR) is 103 cm³/mol. The molecule has 2 rings (SSSR count). The van der Waals surface area contributed by atoms with E-state index in [0.717, 1.165) is 11.4 Å². The van der Waals surface area contributed by atoms with E-state index in [9.17, 15) is 4.79 Å². The highest BCUT2D eigenvalue weighted by Gasteiger charge is 2.18. The minimum atomic E-state index is -0.539. The van der Waals surface area contributed by atoms with Crippen molar-refractivity contribution in [1.82, 2.24) is 4.98 Å². The lowest BCUT2D eigenvalue weighted by Gasteiger charge is -2.23. The Morgan fingerprint density at radius 3 is 2.24 bits per heavy atom. The van der Waals surface area contributed by atoms with E-state index in [0.29, 0.717) is 5.82 Å². The first-order chi connectivity index (χ1) is 11.5. The predicted octanol–water partition coefficient (Wildman–Crippen LogP) is 5.47. The zero-order chi connectivity index (χ0) is 18.7. The number of ether oxygens (including phenoxy) is 1. The number of amides is 1. The summed E-state index contributed by atoms with van der Waals surface area (Å²) in [4.78, 5) is 16.0. The Hall–Kier alpha value is -2.56. The number of nitrogens with zero attached hydrogens (tertiary/aromatic N) is 1. The molecule has 2 aromatic rings. The second-order valence-corrected chi connectivity index (χ2v) is 7.98. The normalized spacial score (nSPS) is 11.8. The van der Waals surface area contributed by atoms with Crippen molar-refractivity contribution in [3.8, 4) is 0 Å². The highest BCUT2D eigenvalue weighted by Crippen LogP contribution is 2.31. The van der Waals surface area contributed by atoms with Gasteiger partial charge in [0, 0.05) is 5.69 Å². The maximum Gasteiger partial charge on any atom is 0.413 e. The first-order valence-electron chi connectivity index (χ1n) is 8.37. The zero-order valence-corrected chi connectivity index (χ0v) is 15.8. The smallest absolute Gasteiger partial charge is 0.413 e. The lowest BCUT2D eigenvalue weighted by atomic mass is 9.86. The third-order valence-electron chi connectivity index (χ3n) is 3.41. The SMILES string of the molecule is CC(C)(C)OC(=O)Nc1ccc(Nc2ccccc2C(C)(C)C)cn1. The largest absolute Gasteiger partial charge is 0.444 e. The van der Waals surface area contributed by atoms with Crippen molar-refractivity contribution in [3.63, 3.8) is 0 Å². The lowest BCUT2D eigenvalue weighted by Crippen LogP contribution is -2.27. The molecule has 0 spiro atoms. The molecule has 0 radical (unpaired) electrons. The Balaban J connectivity index is 2.08. The molecule has 5 nitrogen and oxygen atoms in total. The van der Waals surface area contributed by atoms with Crippen molar-refractivity contribution in [2.24, 2.45) is 0 Å². The lowest BCUT2D eigenvalue weighted by molar-refractivity contribution is 0.0635. The highest BCUT2D eigenvalue weighted by molar-refractivity contribution is 5.83. The van der Waals surface area contributed by atoms with Gasteiger partial charge in [0.1, 0.15) is 11.4 Å². The zero-order valence-electron chi connectivity index (χ0n) is 15.8. The van der Waals surface area contributed by atoms with Crippen molar-refractivity contribution in [1.29, 1.82) is 0 Å². The number of nitrogens with one attached hydrogen (secondary N) is 2. The van der Waals surface area contributed by atoms with Crippen molar-refractivity contribution in [2.45, 2.75) is 52.6 Å². The summed E-state index contributed by atoms with van der Waals surface area (Å²) in [6.45, 7) is 12.0. The van der Waals surface area contributed by atoms with Crippen molar-refractivity contribution < 1.29 is 9.53 Å².